The van der Waals surface area contributed by atoms with Crippen molar-refractivity contribution in [3.05, 3.63) is 71.8 Å². The quantitative estimate of drug-likeness (QED) is 0.874. The van der Waals surface area contributed by atoms with Crippen LogP contribution in [-0.4, -0.2) is 11.1 Å². The molecule has 0 aliphatic carbocycles. The summed E-state index contributed by atoms with van der Waals surface area (Å²) in [6, 6.07) is 19.4. The Labute approximate surface area is 113 Å². The Morgan fingerprint density at radius 3 is 1.84 bits per heavy atom. The fourth-order valence-electron chi connectivity index (χ4n) is 2.57. The third-order valence-electron chi connectivity index (χ3n) is 3.49. The van der Waals surface area contributed by atoms with Crippen LogP contribution < -0.4 is 0 Å². The predicted molar refractivity (Wildman–Crippen MR) is 76.3 cm³/mol. The summed E-state index contributed by atoms with van der Waals surface area (Å²) < 4.78 is 0. The van der Waals surface area contributed by atoms with E-state index in [-0.39, 0.29) is 5.92 Å². The Kier molecular flexibility index (Phi) is 4.35. The zero-order valence-corrected chi connectivity index (χ0v) is 11.0. The first kappa shape index (κ1) is 13.3. The number of carboxylic acids is 1. The molecule has 0 fully saturated rings. The van der Waals surface area contributed by atoms with E-state index < -0.39 is 11.9 Å². The molecular formula is C17H18O2. The summed E-state index contributed by atoms with van der Waals surface area (Å²) >= 11 is 0. The van der Waals surface area contributed by atoms with Crippen LogP contribution in [-0.2, 0) is 4.79 Å². The first-order valence-electron chi connectivity index (χ1n) is 6.56. The van der Waals surface area contributed by atoms with Gasteiger partial charge in [-0.1, -0.05) is 67.6 Å². The molecule has 0 saturated heterocycles. The molecule has 2 aromatic rings. The van der Waals surface area contributed by atoms with Gasteiger partial charge in [0.25, 0.3) is 0 Å². The lowest BCUT2D eigenvalue weighted by molar-refractivity contribution is -0.139. The van der Waals surface area contributed by atoms with Gasteiger partial charge in [0.1, 0.15) is 0 Å². The van der Waals surface area contributed by atoms with E-state index in [0.717, 1.165) is 17.5 Å². The van der Waals surface area contributed by atoms with Crippen molar-refractivity contribution in [2.75, 3.05) is 0 Å². The lowest BCUT2D eigenvalue weighted by atomic mass is 9.80. The van der Waals surface area contributed by atoms with Crippen molar-refractivity contribution in [2.45, 2.75) is 25.2 Å². The van der Waals surface area contributed by atoms with E-state index in [2.05, 4.69) is 0 Å². The maximum absolute atomic E-state index is 11.7. The second-order valence-electron chi connectivity index (χ2n) is 4.65. The highest BCUT2D eigenvalue weighted by molar-refractivity contribution is 5.77. The molecule has 1 N–H and O–H groups in total. The summed E-state index contributed by atoms with van der Waals surface area (Å²) in [5.41, 5.74) is 1.95. The molecule has 0 unspecified atom stereocenters. The Hall–Kier alpha value is -2.09. The third-order valence-corrected chi connectivity index (χ3v) is 3.49. The molecule has 2 heteroatoms. The van der Waals surface area contributed by atoms with Crippen molar-refractivity contribution >= 4 is 5.97 Å². The van der Waals surface area contributed by atoms with Crippen LogP contribution in [0.15, 0.2) is 60.7 Å². The van der Waals surface area contributed by atoms with Crippen LogP contribution in [0.4, 0.5) is 0 Å². The lowest BCUT2D eigenvalue weighted by Gasteiger charge is -2.23. The summed E-state index contributed by atoms with van der Waals surface area (Å²) in [6.45, 7) is 2.04. The molecule has 2 aromatic carbocycles. The molecule has 98 valence electrons. The fraction of sp³-hybridized carbons (Fsp3) is 0.235. The van der Waals surface area contributed by atoms with E-state index in [1.54, 1.807) is 0 Å². The lowest BCUT2D eigenvalue weighted by Crippen LogP contribution is -2.19. The van der Waals surface area contributed by atoms with E-state index in [0.29, 0.717) is 0 Å². The second kappa shape index (κ2) is 6.19. The van der Waals surface area contributed by atoms with E-state index in [4.69, 9.17) is 0 Å². The first-order valence-corrected chi connectivity index (χ1v) is 6.56. The molecule has 19 heavy (non-hydrogen) atoms. The van der Waals surface area contributed by atoms with Crippen LogP contribution in [0.2, 0.25) is 0 Å². The highest BCUT2D eigenvalue weighted by Crippen LogP contribution is 2.35. The van der Waals surface area contributed by atoms with Gasteiger partial charge < -0.3 is 5.11 Å². The van der Waals surface area contributed by atoms with Gasteiger partial charge in [-0.05, 0) is 17.5 Å². The SMILES string of the molecule is CC[C@H](c1ccccc1)[C@H](C(=O)O)c1ccccc1. The average Bonchev–Trinajstić information content (AvgIpc) is 2.46. The molecule has 2 atom stereocenters. The fourth-order valence-corrected chi connectivity index (χ4v) is 2.57. The predicted octanol–water partition coefficient (Wildman–Crippen LogP) is 4.05. The summed E-state index contributed by atoms with van der Waals surface area (Å²) in [6.07, 6.45) is 0.801. The van der Waals surface area contributed by atoms with E-state index in [1.165, 1.54) is 0 Å². The van der Waals surface area contributed by atoms with Crippen molar-refractivity contribution in [1.82, 2.24) is 0 Å². The van der Waals surface area contributed by atoms with Crippen molar-refractivity contribution in [2.24, 2.45) is 0 Å². The van der Waals surface area contributed by atoms with Crippen molar-refractivity contribution in [3.8, 4) is 0 Å². The molecule has 0 heterocycles. The van der Waals surface area contributed by atoms with Crippen LogP contribution in [0.3, 0.4) is 0 Å². The number of carbonyl (C=O) groups is 1. The van der Waals surface area contributed by atoms with Gasteiger partial charge in [-0.25, -0.2) is 0 Å². The van der Waals surface area contributed by atoms with E-state index >= 15 is 0 Å². The van der Waals surface area contributed by atoms with E-state index in [9.17, 15) is 9.90 Å². The molecular weight excluding hydrogens is 236 g/mol. The number of aliphatic carboxylic acids is 1. The minimum absolute atomic E-state index is 0.00102. The number of hydrogen-bond donors (Lipinski definition) is 1. The maximum atomic E-state index is 11.7. The normalized spacial score (nSPS) is 13.7. The van der Waals surface area contributed by atoms with Crippen molar-refractivity contribution < 1.29 is 9.90 Å². The summed E-state index contributed by atoms with van der Waals surface area (Å²) in [5, 5.41) is 9.59. The second-order valence-corrected chi connectivity index (χ2v) is 4.65. The Balaban J connectivity index is 2.41. The smallest absolute Gasteiger partial charge is 0.311 e. The summed E-state index contributed by atoms with van der Waals surface area (Å²) in [4.78, 5) is 11.7. The monoisotopic (exact) mass is 254 g/mol. The molecule has 0 saturated carbocycles. The van der Waals surface area contributed by atoms with E-state index in [1.807, 2.05) is 67.6 Å². The average molecular weight is 254 g/mol. The van der Waals surface area contributed by atoms with Gasteiger partial charge in [0.15, 0.2) is 0 Å². The maximum Gasteiger partial charge on any atom is 0.311 e. The topological polar surface area (TPSA) is 37.3 Å². The molecule has 0 aliphatic heterocycles. The summed E-state index contributed by atoms with van der Waals surface area (Å²) in [5.74, 6) is -1.25. The Morgan fingerprint density at radius 1 is 0.947 bits per heavy atom. The van der Waals surface area contributed by atoms with Crippen molar-refractivity contribution in [3.63, 3.8) is 0 Å². The molecule has 0 spiro atoms. The highest BCUT2D eigenvalue weighted by atomic mass is 16.4. The minimum atomic E-state index is -0.762. The molecule has 0 bridgehead atoms. The molecule has 0 radical (unpaired) electrons. The van der Waals surface area contributed by atoms with Crippen LogP contribution in [0, 0.1) is 0 Å². The van der Waals surface area contributed by atoms with Gasteiger partial charge in [-0.15, -0.1) is 0 Å². The van der Waals surface area contributed by atoms with Crippen LogP contribution in [0.1, 0.15) is 36.3 Å². The largest absolute Gasteiger partial charge is 0.481 e. The van der Waals surface area contributed by atoms with Crippen LogP contribution >= 0.6 is 0 Å². The molecule has 0 aromatic heterocycles. The zero-order valence-electron chi connectivity index (χ0n) is 11.0. The summed E-state index contributed by atoms with van der Waals surface area (Å²) in [7, 11) is 0. The van der Waals surface area contributed by atoms with Gasteiger partial charge >= 0.3 is 5.97 Å². The van der Waals surface area contributed by atoms with Crippen LogP contribution in [0.25, 0.3) is 0 Å². The minimum Gasteiger partial charge on any atom is -0.481 e. The number of hydrogen-bond acceptors (Lipinski definition) is 1. The van der Waals surface area contributed by atoms with Gasteiger partial charge in [0.2, 0.25) is 0 Å². The molecule has 0 aliphatic rings. The molecule has 2 nitrogen and oxygen atoms in total. The third kappa shape index (κ3) is 3.02. The zero-order chi connectivity index (χ0) is 13.7. The van der Waals surface area contributed by atoms with Crippen LogP contribution in [0.5, 0.6) is 0 Å². The van der Waals surface area contributed by atoms with Gasteiger partial charge in [0, 0.05) is 5.92 Å². The van der Waals surface area contributed by atoms with Gasteiger partial charge in [-0.3, -0.25) is 4.79 Å². The first-order chi connectivity index (χ1) is 9.24. The van der Waals surface area contributed by atoms with Gasteiger partial charge in [0.05, 0.1) is 5.92 Å². The number of benzene rings is 2. The highest BCUT2D eigenvalue weighted by Gasteiger charge is 2.29. The molecule has 2 rings (SSSR count). The standard InChI is InChI=1S/C17H18O2/c1-2-15(13-9-5-3-6-10-13)16(17(18)19)14-11-7-4-8-12-14/h3-12,15-16H,2H2,1H3,(H,18,19)/t15-,16-/m1/s1. The Bertz CT molecular complexity index is 519. The van der Waals surface area contributed by atoms with Crippen molar-refractivity contribution in [1.29, 1.82) is 0 Å². The van der Waals surface area contributed by atoms with Gasteiger partial charge in [-0.2, -0.15) is 0 Å². The Morgan fingerprint density at radius 2 is 1.42 bits per heavy atom. The molecule has 0 amide bonds. The number of carboxylic acid groups (broad SMARTS) is 1. The number of rotatable bonds is 5.